The molecule has 1 rings (SSSR count). The van der Waals surface area contributed by atoms with Gasteiger partial charge in [-0.15, -0.1) is 0 Å². The van der Waals surface area contributed by atoms with Crippen molar-refractivity contribution in [3.63, 3.8) is 0 Å². The third-order valence-electron chi connectivity index (χ3n) is 4.89. The molecule has 0 aromatic rings. The fourth-order valence-electron chi connectivity index (χ4n) is 3.26. The molecule has 0 saturated carbocycles. The number of primary amides is 1. The normalized spacial score (nSPS) is 18.9. The zero-order chi connectivity index (χ0) is 22.8. The highest BCUT2D eigenvalue weighted by atomic mass is 16.4. The molecule has 9 N–H and O–H groups in total. The second kappa shape index (κ2) is 12.1. The highest BCUT2D eigenvalue weighted by molar-refractivity contribution is 5.95. The van der Waals surface area contributed by atoms with Crippen molar-refractivity contribution >= 4 is 29.6 Å². The van der Waals surface area contributed by atoms with Crippen molar-refractivity contribution in [1.82, 2.24) is 15.5 Å². The first kappa shape index (κ1) is 25.3. The summed E-state index contributed by atoms with van der Waals surface area (Å²) in [6, 6.07) is -4.09. The Labute approximate surface area is 174 Å². The van der Waals surface area contributed by atoms with Gasteiger partial charge in [0.05, 0.1) is 12.5 Å². The summed E-state index contributed by atoms with van der Waals surface area (Å²) in [6.45, 7) is 2.16. The number of likely N-dealkylation sites (tertiary alicyclic amines) is 1. The number of amides is 4. The molecule has 0 aromatic carbocycles. The quantitative estimate of drug-likeness (QED) is 0.181. The van der Waals surface area contributed by atoms with E-state index in [1.54, 1.807) is 0 Å². The van der Waals surface area contributed by atoms with Gasteiger partial charge in [-0.05, 0) is 45.6 Å². The molecule has 1 saturated heterocycles. The maximum Gasteiger partial charge on any atom is 0.326 e. The molecule has 170 valence electrons. The zero-order valence-electron chi connectivity index (χ0n) is 17.1. The molecule has 0 aromatic heterocycles. The first-order valence-electron chi connectivity index (χ1n) is 9.96. The number of unbranched alkanes of at least 4 members (excludes halogenated alkanes) is 1. The van der Waals surface area contributed by atoms with Crippen molar-refractivity contribution < 1.29 is 29.1 Å². The minimum Gasteiger partial charge on any atom is -0.480 e. The van der Waals surface area contributed by atoms with Crippen LogP contribution in [0, 0.1) is 0 Å². The number of carbonyl (C=O) groups is 5. The Morgan fingerprint density at radius 3 is 2.37 bits per heavy atom. The minimum absolute atomic E-state index is 0.250. The second-order valence-corrected chi connectivity index (χ2v) is 7.38. The Morgan fingerprint density at radius 1 is 1.13 bits per heavy atom. The van der Waals surface area contributed by atoms with E-state index >= 15 is 0 Å². The highest BCUT2D eigenvalue weighted by Crippen LogP contribution is 2.18. The van der Waals surface area contributed by atoms with E-state index in [4.69, 9.17) is 17.2 Å². The lowest BCUT2D eigenvalue weighted by Crippen LogP contribution is -2.56. The number of hydrogen-bond acceptors (Lipinski definition) is 7. The smallest absolute Gasteiger partial charge is 0.326 e. The molecule has 1 aliphatic heterocycles. The van der Waals surface area contributed by atoms with Gasteiger partial charge in [0.25, 0.3) is 0 Å². The topological polar surface area (TPSA) is 211 Å². The molecule has 30 heavy (non-hydrogen) atoms. The third kappa shape index (κ3) is 7.59. The van der Waals surface area contributed by atoms with Crippen LogP contribution in [0.25, 0.3) is 0 Å². The number of aliphatic carboxylic acids is 1. The van der Waals surface area contributed by atoms with Crippen molar-refractivity contribution in [2.75, 3.05) is 13.1 Å². The SMILES string of the molecule is CC(NC(=O)C(CCCCN)NC(=O)C(N)CC(N)=O)C(=O)N1CCCC1C(=O)O. The van der Waals surface area contributed by atoms with Gasteiger partial charge >= 0.3 is 5.97 Å². The Kier molecular flexibility index (Phi) is 10.2. The number of carboxylic acids is 1. The number of carbonyl (C=O) groups excluding carboxylic acids is 4. The Morgan fingerprint density at radius 2 is 1.80 bits per heavy atom. The Balaban J connectivity index is 2.77. The van der Waals surface area contributed by atoms with Crippen molar-refractivity contribution in [3.8, 4) is 0 Å². The van der Waals surface area contributed by atoms with Gasteiger partial charge < -0.3 is 37.8 Å². The van der Waals surface area contributed by atoms with Gasteiger partial charge in [-0.25, -0.2) is 4.79 Å². The molecular formula is C18H32N6O6. The summed E-state index contributed by atoms with van der Waals surface area (Å²) in [5.74, 6) is -3.68. The number of carboxylic acid groups (broad SMARTS) is 1. The average molecular weight is 428 g/mol. The van der Waals surface area contributed by atoms with E-state index < -0.39 is 53.8 Å². The summed E-state index contributed by atoms with van der Waals surface area (Å²) >= 11 is 0. The zero-order valence-corrected chi connectivity index (χ0v) is 17.1. The predicted molar refractivity (Wildman–Crippen MR) is 107 cm³/mol. The molecule has 0 aliphatic carbocycles. The number of rotatable bonds is 12. The van der Waals surface area contributed by atoms with E-state index in [1.165, 1.54) is 11.8 Å². The Hall–Kier alpha value is -2.73. The lowest BCUT2D eigenvalue weighted by Gasteiger charge is -2.27. The molecule has 1 fully saturated rings. The maximum atomic E-state index is 12.7. The molecule has 4 amide bonds. The molecule has 12 heteroatoms. The number of nitrogens with one attached hydrogen (secondary N) is 2. The first-order valence-corrected chi connectivity index (χ1v) is 9.96. The molecule has 0 radical (unpaired) electrons. The molecular weight excluding hydrogens is 396 g/mol. The van der Waals surface area contributed by atoms with Gasteiger partial charge in [-0.1, -0.05) is 0 Å². The van der Waals surface area contributed by atoms with Crippen LogP contribution in [0.4, 0.5) is 0 Å². The van der Waals surface area contributed by atoms with Gasteiger partial charge in [0.2, 0.25) is 23.6 Å². The van der Waals surface area contributed by atoms with E-state index in [0.29, 0.717) is 38.8 Å². The van der Waals surface area contributed by atoms with E-state index in [0.717, 1.165) is 0 Å². The van der Waals surface area contributed by atoms with Gasteiger partial charge in [0.1, 0.15) is 18.1 Å². The average Bonchev–Trinajstić information content (AvgIpc) is 3.15. The molecule has 0 bridgehead atoms. The second-order valence-electron chi connectivity index (χ2n) is 7.38. The molecule has 1 heterocycles. The van der Waals surface area contributed by atoms with Crippen LogP contribution >= 0.6 is 0 Å². The highest BCUT2D eigenvalue weighted by Gasteiger charge is 2.36. The molecule has 4 unspecified atom stereocenters. The number of nitrogens with zero attached hydrogens (tertiary/aromatic N) is 1. The summed E-state index contributed by atoms with van der Waals surface area (Å²) in [4.78, 5) is 61.0. The lowest BCUT2D eigenvalue weighted by molar-refractivity contribution is -0.149. The van der Waals surface area contributed by atoms with Gasteiger partial charge in [0, 0.05) is 6.54 Å². The molecule has 12 nitrogen and oxygen atoms in total. The molecule has 4 atom stereocenters. The third-order valence-corrected chi connectivity index (χ3v) is 4.89. The van der Waals surface area contributed by atoms with Gasteiger partial charge in [0.15, 0.2) is 0 Å². The fourth-order valence-corrected chi connectivity index (χ4v) is 3.26. The summed E-state index contributed by atoms with van der Waals surface area (Å²) < 4.78 is 0. The van der Waals surface area contributed by atoms with Crippen LogP contribution in [0.5, 0.6) is 0 Å². The largest absolute Gasteiger partial charge is 0.480 e. The summed E-state index contributed by atoms with van der Waals surface area (Å²) in [5, 5.41) is 14.2. The maximum absolute atomic E-state index is 12.7. The van der Waals surface area contributed by atoms with Crippen LogP contribution in [0.1, 0.15) is 45.4 Å². The minimum atomic E-state index is -1.20. The lowest BCUT2D eigenvalue weighted by atomic mass is 10.1. The van der Waals surface area contributed by atoms with Gasteiger partial charge in [-0.3, -0.25) is 19.2 Å². The number of nitrogens with two attached hydrogens (primary N) is 3. The summed E-state index contributed by atoms with van der Waals surface area (Å²) in [7, 11) is 0. The van der Waals surface area contributed by atoms with Crippen molar-refractivity contribution in [3.05, 3.63) is 0 Å². The van der Waals surface area contributed by atoms with Crippen LogP contribution in [-0.4, -0.2) is 76.9 Å². The van der Waals surface area contributed by atoms with Crippen LogP contribution in [-0.2, 0) is 24.0 Å². The van der Waals surface area contributed by atoms with E-state index in [9.17, 15) is 29.1 Å². The van der Waals surface area contributed by atoms with Crippen LogP contribution in [0.2, 0.25) is 0 Å². The Bertz CT molecular complexity index is 657. The van der Waals surface area contributed by atoms with Crippen LogP contribution in [0.3, 0.4) is 0 Å². The van der Waals surface area contributed by atoms with Gasteiger partial charge in [-0.2, -0.15) is 0 Å². The summed E-state index contributed by atoms with van der Waals surface area (Å²) in [5.41, 5.74) is 16.1. The fraction of sp³-hybridized carbons (Fsp3) is 0.722. The van der Waals surface area contributed by atoms with Crippen LogP contribution in [0.15, 0.2) is 0 Å². The standard InChI is InChI=1S/C18H32N6O6/c1-10(17(28)24-8-4-6-13(24)18(29)30)22-16(27)12(5-2-3-7-19)23-15(26)11(20)9-14(21)25/h10-13H,2-9,19-20H2,1H3,(H2,21,25)(H,22,27)(H,23,26)(H,29,30). The molecule has 0 spiro atoms. The predicted octanol–water partition coefficient (Wildman–Crippen LogP) is -2.62. The molecule has 1 aliphatic rings. The van der Waals surface area contributed by atoms with E-state index in [1.807, 2.05) is 0 Å². The van der Waals surface area contributed by atoms with Crippen molar-refractivity contribution in [2.24, 2.45) is 17.2 Å². The van der Waals surface area contributed by atoms with E-state index in [-0.39, 0.29) is 12.8 Å². The summed E-state index contributed by atoms with van der Waals surface area (Å²) in [6.07, 6.45) is 1.96. The van der Waals surface area contributed by atoms with Crippen molar-refractivity contribution in [2.45, 2.75) is 69.6 Å². The number of hydrogen-bond donors (Lipinski definition) is 6. The van der Waals surface area contributed by atoms with E-state index in [2.05, 4.69) is 10.6 Å². The monoisotopic (exact) mass is 428 g/mol. The van der Waals surface area contributed by atoms with Crippen molar-refractivity contribution in [1.29, 1.82) is 0 Å². The van der Waals surface area contributed by atoms with Crippen LogP contribution < -0.4 is 27.8 Å². The first-order chi connectivity index (χ1) is 14.1.